The first-order valence-electron chi connectivity index (χ1n) is 9.45. The molecule has 28 heavy (non-hydrogen) atoms. The first-order valence-corrected chi connectivity index (χ1v) is 9.45. The number of hydrogen-bond acceptors (Lipinski definition) is 4. The second-order valence-corrected chi connectivity index (χ2v) is 7.23. The van der Waals surface area contributed by atoms with Crippen LogP contribution in [-0.2, 0) is 22.4 Å². The van der Waals surface area contributed by atoms with E-state index in [-0.39, 0.29) is 35.7 Å². The van der Waals surface area contributed by atoms with Gasteiger partial charge in [0.25, 0.3) is 5.56 Å². The third kappa shape index (κ3) is 3.67. The van der Waals surface area contributed by atoms with E-state index in [1.165, 1.54) is 12.1 Å². The van der Waals surface area contributed by atoms with Crippen LogP contribution in [0.3, 0.4) is 0 Å². The fourth-order valence-electron chi connectivity index (χ4n) is 3.86. The number of nitrogens with one attached hydrogen (secondary N) is 2. The van der Waals surface area contributed by atoms with Gasteiger partial charge in [-0.05, 0) is 49.9 Å². The Kier molecular flexibility index (Phi) is 4.93. The van der Waals surface area contributed by atoms with Gasteiger partial charge in [0.1, 0.15) is 11.6 Å². The predicted molar refractivity (Wildman–Crippen MR) is 100.0 cm³/mol. The second-order valence-electron chi connectivity index (χ2n) is 7.23. The van der Waals surface area contributed by atoms with Crippen molar-refractivity contribution in [3.63, 3.8) is 0 Å². The number of aromatic nitrogens is 2. The summed E-state index contributed by atoms with van der Waals surface area (Å²) in [5.74, 6) is -0.347. The van der Waals surface area contributed by atoms with Crippen molar-refractivity contribution in [2.75, 3.05) is 19.6 Å². The van der Waals surface area contributed by atoms with Gasteiger partial charge in [-0.25, -0.2) is 9.37 Å². The number of aromatic amines is 1. The minimum absolute atomic E-state index is 0.0298. The summed E-state index contributed by atoms with van der Waals surface area (Å²) in [6.07, 6.45) is 2.13. The van der Waals surface area contributed by atoms with Gasteiger partial charge in [-0.15, -0.1) is 0 Å². The highest BCUT2D eigenvalue weighted by Gasteiger charge is 2.30. The lowest BCUT2D eigenvalue weighted by Crippen LogP contribution is -2.51. The molecule has 0 radical (unpaired) electrons. The lowest BCUT2D eigenvalue weighted by atomic mass is 9.97. The molecule has 1 aromatic carbocycles. The van der Waals surface area contributed by atoms with E-state index < -0.39 is 0 Å². The molecule has 1 fully saturated rings. The summed E-state index contributed by atoms with van der Waals surface area (Å²) >= 11 is 0. The first kappa shape index (κ1) is 18.3. The van der Waals surface area contributed by atoms with E-state index in [2.05, 4.69) is 15.3 Å². The molecule has 2 amide bonds. The Labute approximate surface area is 161 Å². The molecule has 0 saturated carbocycles. The third-order valence-corrected chi connectivity index (χ3v) is 5.39. The molecular weight excluding hydrogens is 363 g/mol. The molecule has 1 saturated heterocycles. The Morgan fingerprint density at radius 2 is 1.89 bits per heavy atom. The van der Waals surface area contributed by atoms with E-state index in [4.69, 9.17) is 0 Å². The number of fused-ring (bicyclic) bond motifs is 1. The van der Waals surface area contributed by atoms with E-state index in [1.807, 2.05) is 0 Å². The van der Waals surface area contributed by atoms with E-state index in [1.54, 1.807) is 17.0 Å². The van der Waals surface area contributed by atoms with Crippen LogP contribution in [0.25, 0.3) is 11.4 Å². The largest absolute Gasteiger partial charge is 0.353 e. The van der Waals surface area contributed by atoms with Crippen LogP contribution in [0.15, 0.2) is 29.1 Å². The second kappa shape index (κ2) is 7.53. The molecule has 4 rings (SSSR count). The molecule has 1 atom stereocenters. The zero-order valence-corrected chi connectivity index (χ0v) is 15.3. The predicted octanol–water partition coefficient (Wildman–Crippen LogP) is 1.03. The summed E-state index contributed by atoms with van der Waals surface area (Å²) in [5, 5.41) is 2.72. The van der Waals surface area contributed by atoms with Crippen LogP contribution in [0, 0.1) is 11.7 Å². The molecule has 2 aromatic rings. The zero-order valence-electron chi connectivity index (χ0n) is 15.3. The Morgan fingerprint density at radius 3 is 2.64 bits per heavy atom. The maximum absolute atomic E-state index is 13.2. The molecule has 146 valence electrons. The van der Waals surface area contributed by atoms with Crippen molar-refractivity contribution in [3.8, 4) is 11.4 Å². The summed E-state index contributed by atoms with van der Waals surface area (Å²) in [4.78, 5) is 45.9. The van der Waals surface area contributed by atoms with Gasteiger partial charge in [-0.1, -0.05) is 0 Å². The summed E-state index contributed by atoms with van der Waals surface area (Å²) in [6, 6.07) is 5.80. The number of H-pyrrole nitrogens is 1. The van der Waals surface area contributed by atoms with Gasteiger partial charge >= 0.3 is 0 Å². The number of hydrogen-bond donors (Lipinski definition) is 2. The van der Waals surface area contributed by atoms with E-state index in [9.17, 15) is 18.8 Å². The maximum Gasteiger partial charge on any atom is 0.254 e. The van der Waals surface area contributed by atoms with Gasteiger partial charge in [-0.3, -0.25) is 14.4 Å². The van der Waals surface area contributed by atoms with Crippen molar-refractivity contribution >= 4 is 11.8 Å². The number of aryl methyl sites for hydroxylation is 1. The van der Waals surface area contributed by atoms with Crippen molar-refractivity contribution in [2.24, 2.45) is 5.92 Å². The standard InChI is InChI=1S/C20H21FN4O3/c21-14-5-1-12(2-6-14)18-23-16-8-4-13(3-7-15(16)19(27)24-18)20(28)25-10-9-22-17(26)11-25/h1-2,5-6,13H,3-4,7-11H2,(H,22,26)(H,23,24,27). The Morgan fingerprint density at radius 1 is 1.14 bits per heavy atom. The molecule has 0 spiro atoms. The van der Waals surface area contributed by atoms with E-state index >= 15 is 0 Å². The smallest absolute Gasteiger partial charge is 0.254 e. The Hall–Kier alpha value is -3.03. The number of nitrogens with zero attached hydrogens (tertiary/aromatic N) is 2. The highest BCUT2D eigenvalue weighted by molar-refractivity contribution is 5.87. The first-order chi connectivity index (χ1) is 13.5. The number of piperazine rings is 1. The normalized spacial score (nSPS) is 19.5. The molecule has 2 N–H and O–H groups in total. The highest BCUT2D eigenvalue weighted by Crippen LogP contribution is 2.25. The van der Waals surface area contributed by atoms with Crippen molar-refractivity contribution < 1.29 is 14.0 Å². The van der Waals surface area contributed by atoms with Gasteiger partial charge in [0, 0.05) is 30.1 Å². The molecule has 1 aromatic heterocycles. The van der Waals surface area contributed by atoms with Crippen LogP contribution in [-0.4, -0.2) is 46.3 Å². The number of rotatable bonds is 2. The number of benzene rings is 1. The van der Waals surface area contributed by atoms with Crippen LogP contribution >= 0.6 is 0 Å². The van der Waals surface area contributed by atoms with E-state index in [0.717, 1.165) is 0 Å². The maximum atomic E-state index is 13.2. The molecule has 1 unspecified atom stereocenters. The molecule has 1 aliphatic carbocycles. The van der Waals surface area contributed by atoms with Gasteiger partial charge in [0.15, 0.2) is 0 Å². The fraction of sp³-hybridized carbons (Fsp3) is 0.400. The average molecular weight is 384 g/mol. The number of carbonyl (C=O) groups excluding carboxylic acids is 2. The molecule has 8 heteroatoms. The van der Waals surface area contributed by atoms with Crippen molar-refractivity contribution in [1.82, 2.24) is 20.2 Å². The number of halogens is 1. The van der Waals surface area contributed by atoms with Crippen LogP contribution in [0.1, 0.15) is 24.1 Å². The minimum atomic E-state index is -0.353. The quantitative estimate of drug-likeness (QED) is 0.756. The lowest BCUT2D eigenvalue weighted by Gasteiger charge is -2.29. The van der Waals surface area contributed by atoms with E-state index in [0.29, 0.717) is 61.4 Å². The molecule has 7 nitrogen and oxygen atoms in total. The van der Waals surface area contributed by atoms with Gasteiger partial charge in [-0.2, -0.15) is 0 Å². The molecular formula is C20H21FN4O3. The highest BCUT2D eigenvalue weighted by atomic mass is 19.1. The number of carbonyl (C=O) groups is 2. The minimum Gasteiger partial charge on any atom is -0.353 e. The zero-order chi connectivity index (χ0) is 19.7. The monoisotopic (exact) mass is 384 g/mol. The van der Waals surface area contributed by atoms with Crippen LogP contribution in [0.5, 0.6) is 0 Å². The van der Waals surface area contributed by atoms with Crippen LogP contribution in [0.2, 0.25) is 0 Å². The fourth-order valence-corrected chi connectivity index (χ4v) is 3.86. The van der Waals surface area contributed by atoms with Crippen molar-refractivity contribution in [3.05, 3.63) is 51.7 Å². The third-order valence-electron chi connectivity index (χ3n) is 5.39. The SMILES string of the molecule is O=C1CN(C(=O)C2CCc3nc(-c4ccc(F)cc4)[nH]c(=O)c3CC2)CCN1. The topological polar surface area (TPSA) is 95.2 Å². The van der Waals surface area contributed by atoms with Gasteiger partial charge < -0.3 is 15.2 Å². The summed E-state index contributed by atoms with van der Waals surface area (Å²) in [7, 11) is 0. The Bertz CT molecular complexity index is 970. The summed E-state index contributed by atoms with van der Waals surface area (Å²) in [5.41, 5.74) is 1.72. The molecule has 2 heterocycles. The Balaban J connectivity index is 1.54. The molecule has 0 bridgehead atoms. The van der Waals surface area contributed by atoms with Gasteiger partial charge in [0.05, 0.1) is 12.2 Å². The molecule has 2 aliphatic rings. The summed E-state index contributed by atoms with van der Waals surface area (Å²) < 4.78 is 13.2. The van der Waals surface area contributed by atoms with Crippen LogP contribution < -0.4 is 10.9 Å². The lowest BCUT2D eigenvalue weighted by molar-refractivity contribution is -0.141. The van der Waals surface area contributed by atoms with Crippen molar-refractivity contribution in [1.29, 1.82) is 0 Å². The summed E-state index contributed by atoms with van der Waals surface area (Å²) in [6.45, 7) is 1.08. The van der Waals surface area contributed by atoms with Gasteiger partial charge in [0.2, 0.25) is 11.8 Å². The van der Waals surface area contributed by atoms with Crippen LogP contribution in [0.4, 0.5) is 4.39 Å². The number of amides is 2. The van der Waals surface area contributed by atoms with Crippen molar-refractivity contribution in [2.45, 2.75) is 25.7 Å². The average Bonchev–Trinajstić information content (AvgIpc) is 2.91. The molecule has 1 aliphatic heterocycles.